The van der Waals surface area contributed by atoms with Crippen molar-refractivity contribution in [1.29, 1.82) is 0 Å². The first-order chi connectivity index (χ1) is 6.02. The second kappa shape index (κ2) is 3.30. The Morgan fingerprint density at radius 2 is 2.08 bits per heavy atom. The smallest absolute Gasteiger partial charge is 0.337 e. The van der Waals surface area contributed by atoms with Gasteiger partial charge in [-0.2, -0.15) is 0 Å². The number of carboxylic acid groups (broad SMARTS) is 2. The third-order valence-electron chi connectivity index (χ3n) is 1.70. The molecule has 0 aliphatic rings. The molecule has 13 heavy (non-hydrogen) atoms. The van der Waals surface area contributed by atoms with Crippen molar-refractivity contribution < 1.29 is 19.8 Å². The minimum atomic E-state index is -1.10. The zero-order valence-electron chi connectivity index (χ0n) is 7.00. The van der Waals surface area contributed by atoms with Crippen LogP contribution in [0.2, 0.25) is 0 Å². The Hall–Kier alpha value is -1.78. The highest BCUT2D eigenvalue weighted by Gasteiger charge is 2.16. The highest BCUT2D eigenvalue weighted by molar-refractivity contribution is 5.92. The molecule has 3 N–H and O–H groups in total. The van der Waals surface area contributed by atoms with Crippen LogP contribution in [0.1, 0.15) is 21.6 Å². The lowest BCUT2D eigenvalue weighted by Gasteiger charge is -1.96. The molecule has 5 heteroatoms. The average Bonchev–Trinajstić information content (AvgIpc) is 2.30. The van der Waals surface area contributed by atoms with E-state index in [0.717, 1.165) is 0 Å². The molecule has 1 aromatic rings. The monoisotopic (exact) mass is 183 g/mol. The first kappa shape index (κ1) is 9.31. The molecule has 0 aliphatic heterocycles. The number of aromatic amines is 1. The number of aromatic nitrogens is 1. The van der Waals surface area contributed by atoms with Crippen LogP contribution in [0.4, 0.5) is 0 Å². The molecule has 1 aromatic heterocycles. The second-order valence-corrected chi connectivity index (χ2v) is 2.70. The van der Waals surface area contributed by atoms with Crippen molar-refractivity contribution in [1.82, 2.24) is 4.98 Å². The van der Waals surface area contributed by atoms with Crippen molar-refractivity contribution in [3.63, 3.8) is 0 Å². The van der Waals surface area contributed by atoms with E-state index >= 15 is 0 Å². The number of H-pyrrole nitrogens is 1. The van der Waals surface area contributed by atoms with E-state index in [1.807, 2.05) is 0 Å². The Morgan fingerprint density at radius 3 is 2.54 bits per heavy atom. The van der Waals surface area contributed by atoms with Crippen molar-refractivity contribution in [2.45, 2.75) is 13.3 Å². The molecule has 0 aromatic carbocycles. The molecule has 0 bridgehead atoms. The summed E-state index contributed by atoms with van der Waals surface area (Å²) in [6, 6.07) is 0. The van der Waals surface area contributed by atoms with E-state index in [4.69, 9.17) is 10.2 Å². The van der Waals surface area contributed by atoms with Gasteiger partial charge < -0.3 is 15.2 Å². The van der Waals surface area contributed by atoms with E-state index in [9.17, 15) is 9.59 Å². The molecule has 70 valence electrons. The Bertz CT molecular complexity index is 353. The van der Waals surface area contributed by atoms with Crippen LogP contribution in [0, 0.1) is 6.92 Å². The van der Waals surface area contributed by atoms with Gasteiger partial charge in [0.05, 0.1) is 12.0 Å². The molecule has 0 fully saturated rings. The van der Waals surface area contributed by atoms with Crippen LogP contribution in [0.25, 0.3) is 0 Å². The second-order valence-electron chi connectivity index (χ2n) is 2.70. The summed E-state index contributed by atoms with van der Waals surface area (Å²) in [4.78, 5) is 23.6. The summed E-state index contributed by atoms with van der Waals surface area (Å²) < 4.78 is 0. The average molecular weight is 183 g/mol. The van der Waals surface area contributed by atoms with Crippen LogP contribution >= 0.6 is 0 Å². The standard InChI is InChI=1S/C8H9NO4/c1-4-3-9-5(2-6(10)11)7(4)8(12)13/h3,9H,2H2,1H3,(H,10,11)(H,12,13). The third kappa shape index (κ3) is 1.87. The number of nitrogens with one attached hydrogen (secondary N) is 1. The molecule has 0 saturated heterocycles. The lowest BCUT2D eigenvalue weighted by Crippen LogP contribution is -2.07. The van der Waals surface area contributed by atoms with Crippen LogP contribution in [-0.4, -0.2) is 27.1 Å². The predicted molar refractivity (Wildman–Crippen MR) is 43.8 cm³/mol. The summed E-state index contributed by atoms with van der Waals surface area (Å²) >= 11 is 0. The van der Waals surface area contributed by atoms with E-state index in [2.05, 4.69) is 4.98 Å². The molecular weight excluding hydrogens is 174 g/mol. The first-order valence-corrected chi connectivity index (χ1v) is 3.64. The summed E-state index contributed by atoms with van der Waals surface area (Å²) in [5.41, 5.74) is 0.837. The summed E-state index contributed by atoms with van der Waals surface area (Å²) in [5.74, 6) is -2.15. The third-order valence-corrected chi connectivity index (χ3v) is 1.70. The maximum absolute atomic E-state index is 10.7. The minimum absolute atomic E-state index is 0.0578. The minimum Gasteiger partial charge on any atom is -0.481 e. The zero-order valence-corrected chi connectivity index (χ0v) is 7.00. The molecule has 0 amide bonds. The van der Waals surface area contributed by atoms with E-state index in [-0.39, 0.29) is 17.7 Å². The summed E-state index contributed by atoms with van der Waals surface area (Å²) in [6.45, 7) is 1.62. The quantitative estimate of drug-likeness (QED) is 0.641. The van der Waals surface area contributed by atoms with Gasteiger partial charge in [-0.3, -0.25) is 4.79 Å². The fraction of sp³-hybridized carbons (Fsp3) is 0.250. The van der Waals surface area contributed by atoms with Crippen LogP contribution in [0.15, 0.2) is 6.20 Å². The van der Waals surface area contributed by atoms with E-state index in [0.29, 0.717) is 5.56 Å². The van der Waals surface area contributed by atoms with Crippen molar-refractivity contribution in [2.75, 3.05) is 0 Å². The number of aryl methyl sites for hydroxylation is 1. The lowest BCUT2D eigenvalue weighted by atomic mass is 10.1. The number of carbonyl (C=O) groups is 2. The van der Waals surface area contributed by atoms with Gasteiger partial charge in [-0.1, -0.05) is 0 Å². The maximum Gasteiger partial charge on any atom is 0.337 e. The van der Waals surface area contributed by atoms with E-state index in [1.54, 1.807) is 6.92 Å². The molecule has 1 heterocycles. The fourth-order valence-corrected chi connectivity index (χ4v) is 1.17. The van der Waals surface area contributed by atoms with Gasteiger partial charge in [0.15, 0.2) is 0 Å². The van der Waals surface area contributed by atoms with Gasteiger partial charge in [0.2, 0.25) is 0 Å². The maximum atomic E-state index is 10.7. The van der Waals surface area contributed by atoms with Crippen molar-refractivity contribution in [3.8, 4) is 0 Å². The molecule has 0 saturated carbocycles. The van der Waals surface area contributed by atoms with E-state index < -0.39 is 11.9 Å². The number of aliphatic carboxylic acids is 1. The molecule has 0 spiro atoms. The van der Waals surface area contributed by atoms with Crippen LogP contribution in [0.5, 0.6) is 0 Å². The van der Waals surface area contributed by atoms with Gasteiger partial charge in [-0.15, -0.1) is 0 Å². The summed E-state index contributed by atoms with van der Waals surface area (Å²) in [5, 5.41) is 17.2. The Morgan fingerprint density at radius 1 is 1.46 bits per heavy atom. The van der Waals surface area contributed by atoms with Gasteiger partial charge in [0.1, 0.15) is 0 Å². The van der Waals surface area contributed by atoms with Crippen molar-refractivity contribution in [3.05, 3.63) is 23.0 Å². The van der Waals surface area contributed by atoms with Crippen molar-refractivity contribution in [2.24, 2.45) is 0 Å². The van der Waals surface area contributed by atoms with Crippen LogP contribution in [-0.2, 0) is 11.2 Å². The fourth-order valence-electron chi connectivity index (χ4n) is 1.17. The number of carboxylic acids is 2. The number of aromatic carboxylic acids is 1. The molecular formula is C8H9NO4. The topological polar surface area (TPSA) is 90.4 Å². The molecule has 0 atom stereocenters. The summed E-state index contributed by atoms with van der Waals surface area (Å²) in [7, 11) is 0. The highest BCUT2D eigenvalue weighted by atomic mass is 16.4. The van der Waals surface area contributed by atoms with Gasteiger partial charge in [0, 0.05) is 11.9 Å². The van der Waals surface area contributed by atoms with E-state index in [1.165, 1.54) is 6.20 Å². The molecule has 0 unspecified atom stereocenters. The molecule has 1 rings (SSSR count). The first-order valence-electron chi connectivity index (χ1n) is 3.64. The van der Waals surface area contributed by atoms with Gasteiger partial charge >= 0.3 is 11.9 Å². The molecule has 0 aliphatic carbocycles. The van der Waals surface area contributed by atoms with Crippen molar-refractivity contribution >= 4 is 11.9 Å². The number of hydrogen-bond acceptors (Lipinski definition) is 2. The van der Waals surface area contributed by atoms with Gasteiger partial charge in [-0.05, 0) is 12.5 Å². The van der Waals surface area contributed by atoms with Crippen LogP contribution < -0.4 is 0 Å². The number of rotatable bonds is 3. The highest BCUT2D eigenvalue weighted by Crippen LogP contribution is 2.13. The Labute approximate surface area is 74.0 Å². The largest absolute Gasteiger partial charge is 0.481 e. The predicted octanol–water partition coefficient (Wildman–Crippen LogP) is 0.648. The van der Waals surface area contributed by atoms with Crippen LogP contribution in [0.3, 0.4) is 0 Å². The molecule has 0 radical (unpaired) electrons. The SMILES string of the molecule is Cc1c[nH]c(CC(=O)O)c1C(=O)O. The number of hydrogen-bond donors (Lipinski definition) is 3. The zero-order chi connectivity index (χ0) is 10.0. The normalized spacial score (nSPS) is 9.92. The summed E-state index contributed by atoms with van der Waals surface area (Å²) in [6.07, 6.45) is 1.19. The lowest BCUT2D eigenvalue weighted by molar-refractivity contribution is -0.136. The Kier molecular flexibility index (Phi) is 2.36. The molecule has 5 nitrogen and oxygen atoms in total. The van der Waals surface area contributed by atoms with Gasteiger partial charge in [-0.25, -0.2) is 4.79 Å². The Balaban J connectivity index is 3.07. The van der Waals surface area contributed by atoms with Gasteiger partial charge in [0.25, 0.3) is 0 Å².